The Morgan fingerprint density at radius 3 is 2.34 bits per heavy atom. The van der Waals surface area contributed by atoms with Crippen LogP contribution in [0, 0.1) is 28.6 Å². The third-order valence-corrected chi connectivity index (χ3v) is 8.99. The third kappa shape index (κ3) is 3.64. The van der Waals surface area contributed by atoms with Crippen molar-refractivity contribution in [2.75, 3.05) is 39.3 Å². The van der Waals surface area contributed by atoms with E-state index in [0.717, 1.165) is 25.4 Å². The van der Waals surface area contributed by atoms with Gasteiger partial charge in [0.2, 0.25) is 11.8 Å². The number of piperazine rings is 1. The summed E-state index contributed by atoms with van der Waals surface area (Å²) in [5, 5.41) is 0. The van der Waals surface area contributed by atoms with Crippen LogP contribution < -0.4 is 9.80 Å². The van der Waals surface area contributed by atoms with Gasteiger partial charge in [-0.2, -0.15) is 0 Å². The number of piperidine rings is 1. The Labute approximate surface area is 176 Å². The van der Waals surface area contributed by atoms with Crippen molar-refractivity contribution < 1.29 is 19.4 Å². The van der Waals surface area contributed by atoms with Crippen molar-refractivity contribution in [2.45, 2.75) is 71.8 Å². The molecule has 2 saturated carbocycles. The second-order valence-electron chi connectivity index (χ2n) is 10.6. The molecule has 0 unspecified atom stereocenters. The lowest BCUT2D eigenvalue weighted by Crippen LogP contribution is -3.29. The molecule has 0 aromatic heterocycles. The van der Waals surface area contributed by atoms with Gasteiger partial charge in [-0.3, -0.25) is 14.5 Å². The summed E-state index contributed by atoms with van der Waals surface area (Å²) in [7, 11) is 0. The first-order valence-corrected chi connectivity index (χ1v) is 11.8. The number of carbonyl (C=O) groups excluding carboxylic acids is 2. The summed E-state index contributed by atoms with van der Waals surface area (Å²) in [6.07, 6.45) is 8.74. The van der Waals surface area contributed by atoms with Crippen LogP contribution in [0.2, 0.25) is 0 Å². The number of hydrogen-bond acceptors (Lipinski definition) is 2. The summed E-state index contributed by atoms with van der Waals surface area (Å²) in [5.41, 5.74) is -0.660. The molecule has 2 saturated heterocycles. The number of amides is 2. The predicted octanol–water partition coefficient (Wildman–Crippen LogP) is -0.0828. The molecule has 0 aromatic rings. The Hall–Kier alpha value is -1.38. The predicted molar refractivity (Wildman–Crippen MR) is 112 cm³/mol. The molecule has 160 valence electrons. The summed E-state index contributed by atoms with van der Waals surface area (Å²) >= 11 is 0. The highest BCUT2D eigenvalue weighted by Crippen LogP contribution is 2.59. The molecular weight excluding hydrogens is 362 g/mol. The van der Waals surface area contributed by atoms with Gasteiger partial charge in [0.15, 0.2) is 0 Å². The van der Waals surface area contributed by atoms with Crippen molar-refractivity contribution in [2.24, 2.45) is 16.7 Å². The largest absolute Gasteiger partial charge is 0.323 e. The first-order chi connectivity index (χ1) is 13.8. The molecule has 4 fully saturated rings. The van der Waals surface area contributed by atoms with Crippen LogP contribution in [0.4, 0.5) is 0 Å². The molecule has 29 heavy (non-hydrogen) atoms. The highest BCUT2D eigenvalue weighted by atomic mass is 16.2. The van der Waals surface area contributed by atoms with Crippen LogP contribution in [0.25, 0.3) is 0 Å². The molecule has 2 aliphatic heterocycles. The van der Waals surface area contributed by atoms with E-state index in [1.807, 2.05) is 11.8 Å². The zero-order valence-corrected chi connectivity index (χ0v) is 18.6. The molecule has 2 amide bonds. The molecule has 2 bridgehead atoms. The topological polar surface area (TPSA) is 46.3 Å². The van der Waals surface area contributed by atoms with Gasteiger partial charge in [0.1, 0.15) is 32.7 Å². The van der Waals surface area contributed by atoms with Crippen LogP contribution in [0.15, 0.2) is 0 Å². The van der Waals surface area contributed by atoms with E-state index < -0.39 is 5.41 Å². The molecular formula is C24H39N3O2+2. The molecule has 0 aromatic carbocycles. The normalized spacial score (nSPS) is 37.3. The van der Waals surface area contributed by atoms with Gasteiger partial charge in [0.05, 0.1) is 18.0 Å². The van der Waals surface area contributed by atoms with Crippen molar-refractivity contribution in [1.29, 1.82) is 0 Å². The zero-order chi connectivity index (χ0) is 20.6. The average Bonchev–Trinajstić information content (AvgIpc) is 2.92. The van der Waals surface area contributed by atoms with Gasteiger partial charge in [-0.15, -0.1) is 0 Å². The zero-order valence-electron chi connectivity index (χ0n) is 18.6. The number of likely N-dealkylation sites (tertiary alicyclic amines) is 1. The van der Waals surface area contributed by atoms with Gasteiger partial charge >= 0.3 is 0 Å². The summed E-state index contributed by atoms with van der Waals surface area (Å²) in [4.78, 5) is 30.7. The van der Waals surface area contributed by atoms with E-state index in [2.05, 4.69) is 25.7 Å². The van der Waals surface area contributed by atoms with Crippen molar-refractivity contribution in [1.82, 2.24) is 4.90 Å². The maximum absolute atomic E-state index is 13.0. The van der Waals surface area contributed by atoms with Crippen molar-refractivity contribution in [3.8, 4) is 11.8 Å². The Bertz CT molecular complexity index is 707. The second-order valence-corrected chi connectivity index (χ2v) is 10.6. The van der Waals surface area contributed by atoms with E-state index in [1.165, 1.54) is 63.2 Å². The standard InChI is InChI=1S/C24H37N3O2/c1-23(2)20-11-12-24(23,3)22(29)27(21(20)28)14-8-7-13-25-15-17-26(18-16-25)19-9-5-4-6-10-19/h19-20H,4-6,9-18H2,1-3H3/p+2/t20-,24-/m1/s1. The Morgan fingerprint density at radius 1 is 0.966 bits per heavy atom. The monoisotopic (exact) mass is 401 g/mol. The Balaban J connectivity index is 1.27. The molecule has 5 heteroatoms. The van der Waals surface area contributed by atoms with Crippen LogP contribution >= 0.6 is 0 Å². The lowest BCUT2D eigenvalue weighted by Gasteiger charge is -2.47. The van der Waals surface area contributed by atoms with E-state index >= 15 is 0 Å². The van der Waals surface area contributed by atoms with Gasteiger partial charge < -0.3 is 9.80 Å². The minimum atomic E-state index is -0.420. The quantitative estimate of drug-likeness (QED) is 0.513. The number of hydrogen-bond donors (Lipinski definition) is 2. The lowest BCUT2D eigenvalue weighted by molar-refractivity contribution is -1.02. The first kappa shape index (κ1) is 20.9. The number of nitrogens with zero attached hydrogens (tertiary/aromatic N) is 1. The minimum Gasteiger partial charge on any atom is -0.323 e. The fourth-order valence-corrected chi connectivity index (χ4v) is 6.39. The molecule has 0 radical (unpaired) electrons. The maximum Gasteiger partial charge on any atom is 0.236 e. The molecule has 4 rings (SSSR count). The number of carbonyl (C=O) groups is 2. The van der Waals surface area contributed by atoms with Gasteiger partial charge in [0.25, 0.3) is 0 Å². The number of quaternary nitrogens is 2. The number of rotatable bonds is 3. The Kier molecular flexibility index (Phi) is 5.79. The van der Waals surface area contributed by atoms with Gasteiger partial charge in [0, 0.05) is 5.92 Å². The highest BCUT2D eigenvalue weighted by Gasteiger charge is 2.64. The fraction of sp³-hybridized carbons (Fsp3) is 0.833. The van der Waals surface area contributed by atoms with E-state index in [9.17, 15) is 9.59 Å². The van der Waals surface area contributed by atoms with Crippen LogP contribution in [-0.2, 0) is 9.59 Å². The Morgan fingerprint density at radius 2 is 1.66 bits per heavy atom. The van der Waals surface area contributed by atoms with Crippen LogP contribution in [0.3, 0.4) is 0 Å². The van der Waals surface area contributed by atoms with Gasteiger partial charge in [-0.25, -0.2) is 0 Å². The van der Waals surface area contributed by atoms with Crippen molar-refractivity contribution in [3.05, 3.63) is 0 Å². The fourth-order valence-electron chi connectivity index (χ4n) is 6.39. The molecule has 2 heterocycles. The summed E-state index contributed by atoms with van der Waals surface area (Å²) < 4.78 is 0. The van der Waals surface area contributed by atoms with Gasteiger partial charge in [-0.1, -0.05) is 33.1 Å². The molecule has 2 aliphatic carbocycles. The lowest BCUT2D eigenvalue weighted by atomic mass is 9.62. The number of imide groups is 1. The van der Waals surface area contributed by atoms with Crippen LogP contribution in [0.1, 0.15) is 65.7 Å². The van der Waals surface area contributed by atoms with E-state index in [4.69, 9.17) is 0 Å². The summed E-state index contributed by atoms with van der Waals surface area (Å²) in [5.74, 6) is 6.40. The maximum atomic E-state index is 13.0. The van der Waals surface area contributed by atoms with Crippen LogP contribution in [-0.4, -0.2) is 62.0 Å². The van der Waals surface area contributed by atoms with Gasteiger partial charge in [-0.05, 0) is 49.9 Å². The molecule has 5 nitrogen and oxygen atoms in total. The number of nitrogens with one attached hydrogen (secondary N) is 2. The minimum absolute atomic E-state index is 0.00122. The van der Waals surface area contributed by atoms with E-state index in [1.54, 1.807) is 4.90 Å². The third-order valence-electron chi connectivity index (χ3n) is 8.99. The van der Waals surface area contributed by atoms with Crippen LogP contribution in [0.5, 0.6) is 0 Å². The van der Waals surface area contributed by atoms with Crippen molar-refractivity contribution in [3.63, 3.8) is 0 Å². The van der Waals surface area contributed by atoms with Crippen molar-refractivity contribution >= 4 is 11.8 Å². The summed E-state index contributed by atoms with van der Waals surface area (Å²) in [6, 6.07) is 0.897. The van der Waals surface area contributed by atoms with E-state index in [-0.39, 0.29) is 29.7 Å². The second kappa shape index (κ2) is 8.04. The molecule has 2 atom stereocenters. The first-order valence-electron chi connectivity index (χ1n) is 11.8. The SMILES string of the molecule is CC1(C)[C@@H]2CC[C@]1(C)C(=O)N(CC#CC[NH+]1CC[NH+](C3CCCCC3)CC1)C2=O. The molecule has 0 spiro atoms. The highest BCUT2D eigenvalue weighted by molar-refractivity contribution is 6.04. The average molecular weight is 402 g/mol. The summed E-state index contributed by atoms with van der Waals surface area (Å²) in [6.45, 7) is 12.2. The number of fused-ring (bicyclic) bond motifs is 2. The molecule has 4 aliphatic rings. The molecule has 2 N–H and O–H groups in total. The van der Waals surface area contributed by atoms with E-state index in [0.29, 0.717) is 0 Å². The smallest absolute Gasteiger partial charge is 0.236 e.